The van der Waals surface area contributed by atoms with Gasteiger partial charge in [0.25, 0.3) is 0 Å². The number of nitrogens with one attached hydrogen (secondary N) is 1. The summed E-state index contributed by atoms with van der Waals surface area (Å²) < 4.78 is 7.03. The molecule has 7 heteroatoms. The highest BCUT2D eigenvalue weighted by Crippen LogP contribution is 2.23. The molecule has 0 amide bonds. The molecule has 0 aliphatic heterocycles. The van der Waals surface area contributed by atoms with Crippen molar-refractivity contribution >= 4 is 5.95 Å². The molecule has 0 radical (unpaired) electrons. The van der Waals surface area contributed by atoms with E-state index in [4.69, 9.17) is 4.74 Å². The van der Waals surface area contributed by atoms with Gasteiger partial charge < -0.3 is 15.0 Å². The number of rotatable bonds is 7. The van der Waals surface area contributed by atoms with Gasteiger partial charge in [0.2, 0.25) is 5.95 Å². The number of ether oxygens (including phenoxy) is 1. The van der Waals surface area contributed by atoms with Gasteiger partial charge in [0, 0.05) is 6.54 Å². The van der Waals surface area contributed by atoms with Crippen LogP contribution < -0.4 is 10.1 Å². The molecule has 0 fully saturated rings. The predicted molar refractivity (Wildman–Crippen MR) is 97.1 cm³/mol. The lowest BCUT2D eigenvalue weighted by molar-refractivity contribution is 0.310. The maximum atomic E-state index is 5.34. The van der Waals surface area contributed by atoms with Crippen LogP contribution >= 0.6 is 0 Å². The van der Waals surface area contributed by atoms with Crippen molar-refractivity contribution in [3.8, 4) is 11.4 Å². The molecule has 0 saturated carbocycles. The number of hydrogen-bond acceptors (Lipinski definition) is 6. The van der Waals surface area contributed by atoms with Gasteiger partial charge in [-0.15, -0.1) is 0 Å². The van der Waals surface area contributed by atoms with Crippen molar-refractivity contribution in [1.82, 2.24) is 25.1 Å². The molecule has 0 saturated heterocycles. The Labute approximate surface area is 147 Å². The zero-order valence-electron chi connectivity index (χ0n) is 14.6. The van der Waals surface area contributed by atoms with Crippen LogP contribution in [0.25, 0.3) is 5.69 Å². The summed E-state index contributed by atoms with van der Waals surface area (Å²) in [6, 6.07) is 18.0. The number of aromatic nitrogens is 4. The molecular weight excluding hydrogens is 316 g/mol. The van der Waals surface area contributed by atoms with Crippen LogP contribution in [-0.4, -0.2) is 52.9 Å². The summed E-state index contributed by atoms with van der Waals surface area (Å²) in [4.78, 5) is 2.15. The van der Waals surface area contributed by atoms with E-state index in [9.17, 15) is 0 Å². The van der Waals surface area contributed by atoms with Crippen molar-refractivity contribution in [2.75, 3.05) is 33.1 Å². The number of methoxy groups -OCH3 is 1. The minimum Gasteiger partial charge on any atom is -0.497 e. The smallest absolute Gasteiger partial charge is 0.247 e. The second kappa shape index (κ2) is 7.76. The van der Waals surface area contributed by atoms with Crippen molar-refractivity contribution in [3.05, 3.63) is 60.2 Å². The molecule has 2 aromatic carbocycles. The SMILES string of the molecule is COc1cccc([C@H](CNc2nnnn2-c2ccccc2)N(C)C)c1. The molecule has 1 atom stereocenters. The van der Waals surface area contributed by atoms with Gasteiger partial charge in [0.05, 0.1) is 18.8 Å². The molecule has 3 rings (SSSR count). The molecule has 0 aliphatic rings. The van der Waals surface area contributed by atoms with Gasteiger partial charge in [0.1, 0.15) is 5.75 Å². The fourth-order valence-corrected chi connectivity index (χ4v) is 2.68. The van der Waals surface area contributed by atoms with Crippen molar-refractivity contribution in [1.29, 1.82) is 0 Å². The first kappa shape index (κ1) is 16.9. The van der Waals surface area contributed by atoms with Crippen LogP contribution in [0.15, 0.2) is 54.6 Å². The molecule has 0 bridgehead atoms. The average Bonchev–Trinajstić information content (AvgIpc) is 3.11. The van der Waals surface area contributed by atoms with E-state index in [2.05, 4.69) is 31.8 Å². The highest BCUT2D eigenvalue weighted by molar-refractivity contribution is 5.39. The van der Waals surface area contributed by atoms with E-state index in [1.807, 2.05) is 62.6 Å². The van der Waals surface area contributed by atoms with E-state index in [1.54, 1.807) is 11.8 Å². The van der Waals surface area contributed by atoms with E-state index < -0.39 is 0 Å². The maximum Gasteiger partial charge on any atom is 0.247 e. The van der Waals surface area contributed by atoms with E-state index in [1.165, 1.54) is 0 Å². The Kier molecular flexibility index (Phi) is 5.25. The van der Waals surface area contributed by atoms with Crippen LogP contribution in [0.3, 0.4) is 0 Å². The van der Waals surface area contributed by atoms with E-state index in [0.29, 0.717) is 12.5 Å². The van der Waals surface area contributed by atoms with E-state index >= 15 is 0 Å². The first-order valence-corrected chi connectivity index (χ1v) is 8.07. The minimum atomic E-state index is 0.149. The number of anilines is 1. The van der Waals surface area contributed by atoms with Crippen molar-refractivity contribution in [3.63, 3.8) is 0 Å². The maximum absolute atomic E-state index is 5.34. The van der Waals surface area contributed by atoms with Crippen LogP contribution in [0, 0.1) is 0 Å². The van der Waals surface area contributed by atoms with Crippen LogP contribution in [0.2, 0.25) is 0 Å². The highest BCUT2D eigenvalue weighted by atomic mass is 16.5. The summed E-state index contributed by atoms with van der Waals surface area (Å²) in [6.45, 7) is 0.660. The van der Waals surface area contributed by atoms with Gasteiger partial charge in [0.15, 0.2) is 0 Å². The third kappa shape index (κ3) is 3.95. The van der Waals surface area contributed by atoms with Crippen molar-refractivity contribution in [2.24, 2.45) is 0 Å². The number of tetrazole rings is 1. The first-order valence-electron chi connectivity index (χ1n) is 8.07. The number of hydrogen-bond donors (Lipinski definition) is 1. The highest BCUT2D eigenvalue weighted by Gasteiger charge is 2.16. The zero-order chi connectivity index (χ0) is 17.6. The third-order valence-corrected chi connectivity index (χ3v) is 4.03. The fraction of sp³-hybridized carbons (Fsp3) is 0.278. The Morgan fingerprint density at radius 1 is 1.12 bits per heavy atom. The first-order chi connectivity index (χ1) is 12.2. The quantitative estimate of drug-likeness (QED) is 0.713. The van der Waals surface area contributed by atoms with E-state index in [0.717, 1.165) is 17.0 Å². The molecule has 0 spiro atoms. The standard InChI is InChI=1S/C18H22N6O/c1-23(2)17(14-8-7-11-16(12-14)25-3)13-19-18-20-21-22-24(18)15-9-5-4-6-10-15/h4-12,17H,13H2,1-3H3,(H,19,20,22)/t17-/m0/s1. The third-order valence-electron chi connectivity index (χ3n) is 4.03. The Bertz CT molecular complexity index is 802. The topological polar surface area (TPSA) is 68.1 Å². The largest absolute Gasteiger partial charge is 0.497 e. The number of likely N-dealkylation sites (N-methyl/N-ethyl adjacent to an activating group) is 1. The van der Waals surface area contributed by atoms with Gasteiger partial charge in [-0.3, -0.25) is 0 Å². The van der Waals surface area contributed by atoms with Crippen molar-refractivity contribution in [2.45, 2.75) is 6.04 Å². The lowest BCUT2D eigenvalue weighted by Gasteiger charge is -2.25. The summed E-state index contributed by atoms with van der Waals surface area (Å²) in [5, 5.41) is 15.3. The van der Waals surface area contributed by atoms with E-state index in [-0.39, 0.29) is 6.04 Å². The van der Waals surface area contributed by atoms with Crippen LogP contribution in [-0.2, 0) is 0 Å². The summed E-state index contributed by atoms with van der Waals surface area (Å²) >= 11 is 0. The summed E-state index contributed by atoms with van der Waals surface area (Å²) in [6.07, 6.45) is 0. The number of para-hydroxylation sites is 1. The number of nitrogens with zero attached hydrogens (tertiary/aromatic N) is 5. The molecule has 0 aliphatic carbocycles. The molecule has 7 nitrogen and oxygen atoms in total. The molecule has 3 aromatic rings. The molecule has 130 valence electrons. The lowest BCUT2D eigenvalue weighted by atomic mass is 10.1. The lowest BCUT2D eigenvalue weighted by Crippen LogP contribution is -2.27. The minimum absolute atomic E-state index is 0.149. The average molecular weight is 338 g/mol. The van der Waals surface area contributed by atoms with Crippen LogP contribution in [0.1, 0.15) is 11.6 Å². The summed E-state index contributed by atoms with van der Waals surface area (Å²) in [7, 11) is 5.77. The Hall–Kier alpha value is -2.93. The normalized spacial score (nSPS) is 12.2. The molecule has 1 aromatic heterocycles. The molecule has 0 unspecified atom stereocenters. The zero-order valence-corrected chi connectivity index (χ0v) is 14.6. The van der Waals surface area contributed by atoms with Gasteiger partial charge in [-0.05, 0) is 54.4 Å². The molecule has 1 N–H and O–H groups in total. The van der Waals surface area contributed by atoms with Crippen LogP contribution in [0.5, 0.6) is 5.75 Å². The second-order valence-electron chi connectivity index (χ2n) is 5.89. The summed E-state index contributed by atoms with van der Waals surface area (Å²) in [5.41, 5.74) is 2.08. The molecule has 1 heterocycles. The Balaban J connectivity index is 1.78. The molecular formula is C18H22N6O. The van der Waals surface area contributed by atoms with Gasteiger partial charge in [-0.1, -0.05) is 35.4 Å². The van der Waals surface area contributed by atoms with Crippen molar-refractivity contribution < 1.29 is 4.74 Å². The number of benzene rings is 2. The Morgan fingerprint density at radius 2 is 1.92 bits per heavy atom. The van der Waals surface area contributed by atoms with Gasteiger partial charge in [-0.2, -0.15) is 4.68 Å². The molecule has 25 heavy (non-hydrogen) atoms. The monoisotopic (exact) mass is 338 g/mol. The fourth-order valence-electron chi connectivity index (χ4n) is 2.68. The predicted octanol–water partition coefficient (Wildman–Crippen LogP) is 2.39. The van der Waals surface area contributed by atoms with Gasteiger partial charge >= 0.3 is 0 Å². The van der Waals surface area contributed by atoms with Gasteiger partial charge in [-0.25, -0.2) is 0 Å². The summed E-state index contributed by atoms with van der Waals surface area (Å²) in [5.74, 6) is 1.46. The van der Waals surface area contributed by atoms with Crippen LogP contribution in [0.4, 0.5) is 5.95 Å². The Morgan fingerprint density at radius 3 is 2.64 bits per heavy atom. The second-order valence-corrected chi connectivity index (χ2v) is 5.89.